The third-order valence-corrected chi connectivity index (χ3v) is 6.95. The first-order valence-corrected chi connectivity index (χ1v) is 11.3. The van der Waals surface area contributed by atoms with Crippen LogP contribution in [-0.4, -0.2) is 29.2 Å². The van der Waals surface area contributed by atoms with E-state index in [9.17, 15) is 4.79 Å². The van der Waals surface area contributed by atoms with Gasteiger partial charge >= 0.3 is 5.97 Å². The summed E-state index contributed by atoms with van der Waals surface area (Å²) in [6.07, 6.45) is 0.777. The lowest BCUT2D eigenvalue weighted by Crippen LogP contribution is -2.41. The number of esters is 1. The number of aromatic nitrogens is 2. The van der Waals surface area contributed by atoms with Crippen LogP contribution in [0.3, 0.4) is 0 Å². The van der Waals surface area contributed by atoms with Crippen LogP contribution in [0.2, 0.25) is 0 Å². The monoisotopic (exact) mass is 469 g/mol. The predicted molar refractivity (Wildman–Crippen MR) is 124 cm³/mol. The molecule has 0 spiro atoms. The minimum Gasteiger partial charge on any atom is -0.465 e. The number of rotatable bonds is 4. The van der Waals surface area contributed by atoms with E-state index in [1.807, 2.05) is 6.07 Å². The van der Waals surface area contributed by atoms with Gasteiger partial charge in [0, 0.05) is 23.2 Å². The quantitative estimate of drug-likeness (QED) is 0.461. The van der Waals surface area contributed by atoms with E-state index in [0.29, 0.717) is 11.5 Å². The number of nitrogens with zero attached hydrogens (tertiary/aromatic N) is 3. The number of ether oxygens (including phenoxy) is 1. The van der Waals surface area contributed by atoms with Crippen molar-refractivity contribution >= 4 is 38.6 Å². The highest BCUT2D eigenvalue weighted by molar-refractivity contribution is 9.10. The highest BCUT2D eigenvalue weighted by Crippen LogP contribution is 2.38. The van der Waals surface area contributed by atoms with Crippen molar-refractivity contribution in [3.63, 3.8) is 0 Å². The molecule has 2 heterocycles. The lowest BCUT2D eigenvalue weighted by Gasteiger charge is -2.40. The van der Waals surface area contributed by atoms with Gasteiger partial charge in [-0.15, -0.1) is 0 Å². The van der Waals surface area contributed by atoms with Crippen molar-refractivity contribution in [2.45, 2.75) is 46.7 Å². The standard InChI is InChI=1S/C24H28BrN3O2/c1-6-16-12-21-20(13-18(16)24(29)30-5)26-23-22(14(2)3)27(9-10-28(21)23)17-7-8-19(25)15(4)11-17/h7-8,11-14,22H,6,9-10H2,1-5H3/t22-/m1/s1. The molecule has 158 valence electrons. The molecule has 0 bridgehead atoms. The lowest BCUT2D eigenvalue weighted by atomic mass is 9.98. The van der Waals surface area contributed by atoms with Crippen molar-refractivity contribution in [2.24, 2.45) is 5.92 Å². The van der Waals surface area contributed by atoms with Crippen molar-refractivity contribution < 1.29 is 9.53 Å². The SMILES string of the molecule is CCc1cc2c(cc1C(=O)OC)nc1n2CCN(c2ccc(Br)c(C)c2)[C@@H]1C(C)C. The van der Waals surface area contributed by atoms with Gasteiger partial charge in [0.1, 0.15) is 5.82 Å². The fourth-order valence-electron chi connectivity index (χ4n) is 4.53. The Morgan fingerprint density at radius 2 is 2.03 bits per heavy atom. The number of halogens is 1. The first-order valence-electron chi connectivity index (χ1n) is 10.5. The number of imidazole rings is 1. The molecule has 1 aliphatic heterocycles. The number of carbonyl (C=O) groups excluding carboxylic acids is 1. The fraction of sp³-hybridized carbons (Fsp3) is 0.417. The number of fused-ring (bicyclic) bond motifs is 3. The normalized spacial score (nSPS) is 16.2. The summed E-state index contributed by atoms with van der Waals surface area (Å²) in [4.78, 5) is 19.8. The lowest BCUT2D eigenvalue weighted by molar-refractivity contribution is 0.0599. The molecule has 1 atom stereocenters. The molecule has 5 nitrogen and oxygen atoms in total. The first kappa shape index (κ1) is 20.9. The molecule has 0 unspecified atom stereocenters. The molecule has 1 aromatic heterocycles. The number of hydrogen-bond acceptors (Lipinski definition) is 4. The van der Waals surface area contributed by atoms with Crippen molar-refractivity contribution in [3.05, 3.63) is 57.3 Å². The molecule has 4 rings (SSSR count). The summed E-state index contributed by atoms with van der Waals surface area (Å²) in [6, 6.07) is 10.7. The third kappa shape index (κ3) is 3.41. The maximum Gasteiger partial charge on any atom is 0.338 e. The van der Waals surface area contributed by atoms with Crippen molar-refractivity contribution in [2.75, 3.05) is 18.6 Å². The van der Waals surface area contributed by atoms with E-state index in [2.05, 4.69) is 77.4 Å². The maximum absolute atomic E-state index is 12.3. The Bertz CT molecular complexity index is 1120. The molecule has 0 amide bonds. The number of anilines is 1. The second-order valence-corrected chi connectivity index (χ2v) is 9.13. The van der Waals surface area contributed by atoms with E-state index in [1.165, 1.54) is 18.4 Å². The largest absolute Gasteiger partial charge is 0.465 e. The molecule has 0 radical (unpaired) electrons. The minimum absolute atomic E-state index is 0.165. The fourth-order valence-corrected chi connectivity index (χ4v) is 4.77. The zero-order valence-electron chi connectivity index (χ0n) is 18.2. The number of methoxy groups -OCH3 is 1. The summed E-state index contributed by atoms with van der Waals surface area (Å²) in [6.45, 7) is 10.5. The Labute approximate surface area is 186 Å². The number of benzene rings is 2. The van der Waals surface area contributed by atoms with Gasteiger partial charge in [0.15, 0.2) is 0 Å². The van der Waals surface area contributed by atoms with E-state index in [0.717, 1.165) is 46.4 Å². The number of hydrogen-bond donors (Lipinski definition) is 0. The summed E-state index contributed by atoms with van der Waals surface area (Å²) >= 11 is 3.61. The van der Waals surface area contributed by atoms with Crippen LogP contribution in [0.1, 0.15) is 54.1 Å². The molecular weight excluding hydrogens is 442 g/mol. The van der Waals surface area contributed by atoms with Gasteiger partial charge in [-0.2, -0.15) is 0 Å². The summed E-state index contributed by atoms with van der Waals surface area (Å²) in [5.74, 6) is 1.15. The molecule has 0 fully saturated rings. The van der Waals surface area contributed by atoms with E-state index in [1.54, 1.807) is 0 Å². The summed E-state index contributed by atoms with van der Waals surface area (Å²) < 4.78 is 8.46. The topological polar surface area (TPSA) is 47.4 Å². The minimum atomic E-state index is -0.299. The van der Waals surface area contributed by atoms with Crippen LogP contribution in [0.25, 0.3) is 11.0 Å². The molecule has 0 N–H and O–H groups in total. The van der Waals surface area contributed by atoms with Gasteiger partial charge in [0.2, 0.25) is 0 Å². The van der Waals surface area contributed by atoms with Gasteiger partial charge in [-0.05, 0) is 60.7 Å². The summed E-state index contributed by atoms with van der Waals surface area (Å²) in [5, 5.41) is 0. The molecule has 6 heteroatoms. The third-order valence-electron chi connectivity index (χ3n) is 6.06. The molecule has 30 heavy (non-hydrogen) atoms. The molecular formula is C24H28BrN3O2. The van der Waals surface area contributed by atoms with Crippen LogP contribution in [0, 0.1) is 12.8 Å². The van der Waals surface area contributed by atoms with Crippen LogP contribution in [0.5, 0.6) is 0 Å². The average Bonchev–Trinajstić information content (AvgIpc) is 3.10. The van der Waals surface area contributed by atoms with Gasteiger partial charge < -0.3 is 14.2 Å². The van der Waals surface area contributed by atoms with E-state index in [4.69, 9.17) is 9.72 Å². The number of carbonyl (C=O) groups is 1. The van der Waals surface area contributed by atoms with E-state index < -0.39 is 0 Å². The summed E-state index contributed by atoms with van der Waals surface area (Å²) in [7, 11) is 1.43. The predicted octanol–water partition coefficient (Wildman–Crippen LogP) is 5.67. The molecule has 0 aliphatic carbocycles. The van der Waals surface area contributed by atoms with E-state index >= 15 is 0 Å². The Hall–Kier alpha value is -2.34. The molecule has 1 aliphatic rings. The van der Waals surface area contributed by atoms with Crippen molar-refractivity contribution in [1.29, 1.82) is 0 Å². The highest BCUT2D eigenvalue weighted by atomic mass is 79.9. The van der Waals surface area contributed by atoms with Gasteiger partial charge in [0.05, 0.1) is 29.7 Å². The molecule has 2 aromatic carbocycles. The van der Waals surface area contributed by atoms with Crippen LogP contribution >= 0.6 is 15.9 Å². The second-order valence-electron chi connectivity index (χ2n) is 8.28. The van der Waals surface area contributed by atoms with Gasteiger partial charge in [-0.1, -0.05) is 36.7 Å². The van der Waals surface area contributed by atoms with Crippen LogP contribution in [-0.2, 0) is 17.7 Å². The molecule has 3 aromatic rings. The number of aryl methyl sites for hydroxylation is 2. The zero-order chi connectivity index (χ0) is 21.6. The first-order chi connectivity index (χ1) is 14.3. The molecule has 0 saturated carbocycles. The maximum atomic E-state index is 12.3. The van der Waals surface area contributed by atoms with Crippen molar-refractivity contribution in [3.8, 4) is 0 Å². The summed E-state index contributed by atoms with van der Waals surface area (Å²) in [5.41, 5.74) is 6.03. The van der Waals surface area contributed by atoms with E-state index in [-0.39, 0.29) is 12.0 Å². The second kappa shape index (κ2) is 8.06. The average molecular weight is 470 g/mol. The van der Waals surface area contributed by atoms with Crippen LogP contribution in [0.15, 0.2) is 34.8 Å². The van der Waals surface area contributed by atoms with Gasteiger partial charge in [-0.25, -0.2) is 9.78 Å². The van der Waals surface area contributed by atoms with Crippen LogP contribution < -0.4 is 4.90 Å². The van der Waals surface area contributed by atoms with Crippen molar-refractivity contribution in [1.82, 2.24) is 9.55 Å². The Morgan fingerprint density at radius 3 is 2.67 bits per heavy atom. The smallest absolute Gasteiger partial charge is 0.338 e. The van der Waals surface area contributed by atoms with Gasteiger partial charge in [-0.3, -0.25) is 0 Å². The Balaban J connectivity index is 1.86. The highest BCUT2D eigenvalue weighted by Gasteiger charge is 2.33. The Morgan fingerprint density at radius 1 is 1.27 bits per heavy atom. The van der Waals surface area contributed by atoms with Gasteiger partial charge in [0.25, 0.3) is 0 Å². The Kier molecular flexibility index (Phi) is 5.62. The van der Waals surface area contributed by atoms with Crippen LogP contribution in [0.4, 0.5) is 5.69 Å². The zero-order valence-corrected chi connectivity index (χ0v) is 19.8. The molecule has 0 saturated heterocycles.